The summed E-state index contributed by atoms with van der Waals surface area (Å²) in [6.07, 6.45) is 2.78. The van der Waals surface area contributed by atoms with E-state index >= 15 is 0 Å². The number of ether oxygens (including phenoxy) is 1. The van der Waals surface area contributed by atoms with Crippen LogP contribution in [-0.2, 0) is 4.79 Å². The number of carbonyl (C=O) groups excluding carboxylic acids is 2. The molecule has 1 aromatic rings. The van der Waals surface area contributed by atoms with Gasteiger partial charge in [-0.2, -0.15) is 0 Å². The minimum absolute atomic E-state index is 0.0490. The second-order valence-electron chi connectivity index (χ2n) is 4.41. The van der Waals surface area contributed by atoms with Crippen LogP contribution in [0.25, 0.3) is 0 Å². The molecule has 1 aromatic carbocycles. The predicted octanol–water partition coefficient (Wildman–Crippen LogP) is 2.64. The van der Waals surface area contributed by atoms with Crippen molar-refractivity contribution in [3.05, 3.63) is 29.8 Å². The van der Waals surface area contributed by atoms with E-state index in [-0.39, 0.29) is 17.5 Å². The first-order valence-corrected chi connectivity index (χ1v) is 5.90. The molecular weight excluding hydrogens is 216 g/mol. The van der Waals surface area contributed by atoms with Gasteiger partial charge in [-0.05, 0) is 37.1 Å². The van der Waals surface area contributed by atoms with Gasteiger partial charge in [-0.25, -0.2) is 0 Å². The number of hydrogen-bond acceptors (Lipinski definition) is 3. The normalized spacial score (nSPS) is 19.4. The van der Waals surface area contributed by atoms with Crippen LogP contribution >= 0.6 is 0 Å². The van der Waals surface area contributed by atoms with Gasteiger partial charge in [-0.15, -0.1) is 0 Å². The van der Waals surface area contributed by atoms with Gasteiger partial charge in [0, 0.05) is 24.3 Å². The molecule has 0 radical (unpaired) electrons. The Morgan fingerprint density at radius 3 is 2.59 bits per heavy atom. The van der Waals surface area contributed by atoms with Crippen LogP contribution in [0.3, 0.4) is 0 Å². The summed E-state index contributed by atoms with van der Waals surface area (Å²) in [5.41, 5.74) is 0.658. The highest BCUT2D eigenvalue weighted by Gasteiger charge is 2.26. The molecule has 0 bridgehead atoms. The molecule has 3 heteroatoms. The zero-order valence-electron chi connectivity index (χ0n) is 9.94. The van der Waals surface area contributed by atoms with Crippen molar-refractivity contribution in [2.45, 2.75) is 25.7 Å². The van der Waals surface area contributed by atoms with E-state index in [4.69, 9.17) is 4.74 Å². The standard InChI is InChI=1S/C14H16O3/c1-17-12-7-5-10(6-8-12)14(16)9-11-3-2-4-13(11)15/h5-8,11H,2-4,9H2,1H3. The molecular formula is C14H16O3. The third kappa shape index (κ3) is 2.73. The van der Waals surface area contributed by atoms with Crippen molar-refractivity contribution in [1.29, 1.82) is 0 Å². The molecule has 1 atom stereocenters. The second kappa shape index (κ2) is 5.13. The quantitative estimate of drug-likeness (QED) is 0.749. The molecule has 2 rings (SSSR count). The number of rotatable bonds is 4. The van der Waals surface area contributed by atoms with Crippen LogP contribution in [-0.4, -0.2) is 18.7 Å². The average Bonchev–Trinajstić information content (AvgIpc) is 2.75. The topological polar surface area (TPSA) is 43.4 Å². The summed E-state index contributed by atoms with van der Waals surface area (Å²) >= 11 is 0. The van der Waals surface area contributed by atoms with E-state index in [1.807, 2.05) is 0 Å². The maximum absolute atomic E-state index is 12.0. The molecule has 3 nitrogen and oxygen atoms in total. The van der Waals surface area contributed by atoms with Crippen LogP contribution in [0.2, 0.25) is 0 Å². The average molecular weight is 232 g/mol. The van der Waals surface area contributed by atoms with Crippen molar-refractivity contribution in [2.75, 3.05) is 7.11 Å². The largest absolute Gasteiger partial charge is 0.497 e. The van der Waals surface area contributed by atoms with Gasteiger partial charge in [0.1, 0.15) is 11.5 Å². The zero-order chi connectivity index (χ0) is 12.3. The van der Waals surface area contributed by atoms with Crippen LogP contribution in [0.5, 0.6) is 5.75 Å². The Hall–Kier alpha value is -1.64. The number of benzene rings is 1. The summed E-state index contributed by atoms with van der Waals surface area (Å²) < 4.78 is 5.03. The summed E-state index contributed by atoms with van der Waals surface area (Å²) in [6.45, 7) is 0. The molecule has 0 N–H and O–H groups in total. The number of methoxy groups -OCH3 is 1. The third-order valence-electron chi connectivity index (χ3n) is 3.27. The SMILES string of the molecule is COc1ccc(C(=O)CC2CCCC2=O)cc1. The summed E-state index contributed by atoms with van der Waals surface area (Å²) in [7, 11) is 1.59. The van der Waals surface area contributed by atoms with E-state index in [0.29, 0.717) is 18.4 Å². The Morgan fingerprint density at radius 2 is 2.06 bits per heavy atom. The summed E-state index contributed by atoms with van der Waals surface area (Å²) in [4.78, 5) is 23.4. The van der Waals surface area contributed by atoms with Crippen LogP contribution in [0, 0.1) is 5.92 Å². The molecule has 90 valence electrons. The molecule has 1 saturated carbocycles. The molecule has 0 heterocycles. The lowest BCUT2D eigenvalue weighted by Gasteiger charge is -2.07. The van der Waals surface area contributed by atoms with Crippen LogP contribution < -0.4 is 4.74 Å². The fraction of sp³-hybridized carbons (Fsp3) is 0.429. The van der Waals surface area contributed by atoms with Gasteiger partial charge in [-0.1, -0.05) is 0 Å². The Labute approximate surface area is 101 Å². The van der Waals surface area contributed by atoms with Crippen LogP contribution in [0.1, 0.15) is 36.0 Å². The molecule has 1 fully saturated rings. The zero-order valence-corrected chi connectivity index (χ0v) is 9.94. The van der Waals surface area contributed by atoms with Gasteiger partial charge in [0.05, 0.1) is 7.11 Å². The van der Waals surface area contributed by atoms with E-state index in [0.717, 1.165) is 18.6 Å². The van der Waals surface area contributed by atoms with Gasteiger partial charge in [-0.3, -0.25) is 9.59 Å². The van der Waals surface area contributed by atoms with Crippen molar-refractivity contribution < 1.29 is 14.3 Å². The van der Waals surface area contributed by atoms with Gasteiger partial charge in [0.2, 0.25) is 0 Å². The lowest BCUT2D eigenvalue weighted by Crippen LogP contribution is -2.12. The van der Waals surface area contributed by atoms with E-state index in [1.165, 1.54) is 0 Å². The first-order chi connectivity index (χ1) is 8.20. The maximum atomic E-state index is 12.0. The monoisotopic (exact) mass is 232 g/mol. The highest BCUT2D eigenvalue weighted by Crippen LogP contribution is 2.26. The van der Waals surface area contributed by atoms with Crippen LogP contribution in [0.15, 0.2) is 24.3 Å². The fourth-order valence-electron chi connectivity index (χ4n) is 2.22. The molecule has 1 aliphatic carbocycles. The van der Waals surface area contributed by atoms with Crippen LogP contribution in [0.4, 0.5) is 0 Å². The van der Waals surface area contributed by atoms with E-state index in [9.17, 15) is 9.59 Å². The number of ketones is 2. The summed E-state index contributed by atoms with van der Waals surface area (Å²) in [5.74, 6) is 0.975. The highest BCUT2D eigenvalue weighted by molar-refractivity contribution is 5.99. The second-order valence-corrected chi connectivity index (χ2v) is 4.41. The molecule has 0 aliphatic heterocycles. The van der Waals surface area contributed by atoms with Gasteiger partial charge < -0.3 is 4.74 Å². The summed E-state index contributed by atoms with van der Waals surface area (Å²) in [5, 5.41) is 0. The molecule has 1 aliphatic rings. The Bertz CT molecular complexity index is 420. The number of hydrogen-bond donors (Lipinski definition) is 0. The van der Waals surface area contributed by atoms with Crippen molar-refractivity contribution in [3.8, 4) is 5.75 Å². The highest BCUT2D eigenvalue weighted by atomic mass is 16.5. The van der Waals surface area contributed by atoms with Gasteiger partial charge in [0.15, 0.2) is 5.78 Å². The lowest BCUT2D eigenvalue weighted by molar-refractivity contribution is -0.120. The first kappa shape index (κ1) is 11.8. The Balaban J connectivity index is 2.01. The van der Waals surface area contributed by atoms with Crippen molar-refractivity contribution >= 4 is 11.6 Å². The smallest absolute Gasteiger partial charge is 0.163 e. The molecule has 0 saturated heterocycles. The first-order valence-electron chi connectivity index (χ1n) is 5.90. The molecule has 0 spiro atoms. The fourth-order valence-corrected chi connectivity index (χ4v) is 2.22. The minimum atomic E-state index is -0.0513. The third-order valence-corrected chi connectivity index (χ3v) is 3.27. The summed E-state index contributed by atoms with van der Waals surface area (Å²) in [6, 6.07) is 7.04. The number of Topliss-reactive ketones (excluding diaryl/α,β-unsaturated/α-hetero) is 2. The van der Waals surface area contributed by atoms with Crippen molar-refractivity contribution in [3.63, 3.8) is 0 Å². The molecule has 17 heavy (non-hydrogen) atoms. The van der Waals surface area contributed by atoms with Crippen molar-refractivity contribution in [2.24, 2.45) is 5.92 Å². The van der Waals surface area contributed by atoms with E-state index < -0.39 is 0 Å². The Morgan fingerprint density at radius 1 is 1.35 bits per heavy atom. The Kier molecular flexibility index (Phi) is 3.57. The predicted molar refractivity (Wildman–Crippen MR) is 64.3 cm³/mol. The maximum Gasteiger partial charge on any atom is 0.163 e. The molecule has 1 unspecified atom stereocenters. The van der Waals surface area contributed by atoms with E-state index in [2.05, 4.69) is 0 Å². The van der Waals surface area contributed by atoms with Gasteiger partial charge >= 0.3 is 0 Å². The minimum Gasteiger partial charge on any atom is -0.497 e. The molecule has 0 amide bonds. The molecule has 0 aromatic heterocycles. The van der Waals surface area contributed by atoms with Gasteiger partial charge in [0.25, 0.3) is 0 Å². The van der Waals surface area contributed by atoms with E-state index in [1.54, 1.807) is 31.4 Å². The number of carbonyl (C=O) groups is 2. The lowest BCUT2D eigenvalue weighted by atomic mass is 9.96. The van der Waals surface area contributed by atoms with Crippen molar-refractivity contribution in [1.82, 2.24) is 0 Å².